The minimum absolute atomic E-state index is 0.516. The molecule has 19 heavy (non-hydrogen) atoms. The van der Waals surface area contributed by atoms with E-state index < -0.39 is 0 Å². The number of hydrogen-bond donors (Lipinski definition) is 1. The summed E-state index contributed by atoms with van der Waals surface area (Å²) in [6.45, 7) is 0. The molecule has 3 nitrogen and oxygen atoms in total. The fourth-order valence-electron chi connectivity index (χ4n) is 1.97. The zero-order valence-corrected chi connectivity index (χ0v) is 12.4. The Labute approximate surface area is 119 Å². The first-order valence-electron chi connectivity index (χ1n) is 6.61. The molecule has 0 saturated carbocycles. The third-order valence-electron chi connectivity index (χ3n) is 3.24. The van der Waals surface area contributed by atoms with Crippen LogP contribution in [-0.4, -0.2) is 28.4 Å². The Kier molecular flexibility index (Phi) is 5.48. The van der Waals surface area contributed by atoms with Gasteiger partial charge in [0.25, 0.3) is 0 Å². The molecule has 2 rings (SSSR count). The van der Waals surface area contributed by atoms with Crippen molar-refractivity contribution in [3.63, 3.8) is 0 Å². The SMILES string of the molecule is CNC(CCc1nccn1C)CSc1ccccc1. The van der Waals surface area contributed by atoms with Gasteiger partial charge in [-0.25, -0.2) is 4.98 Å². The molecule has 1 heterocycles. The number of thioether (sulfide) groups is 1. The van der Waals surface area contributed by atoms with Crippen LogP contribution in [-0.2, 0) is 13.5 Å². The molecule has 0 amide bonds. The number of benzene rings is 1. The number of aromatic nitrogens is 2. The van der Waals surface area contributed by atoms with E-state index >= 15 is 0 Å². The first kappa shape index (κ1) is 14.2. The highest BCUT2D eigenvalue weighted by Crippen LogP contribution is 2.19. The van der Waals surface area contributed by atoms with Gasteiger partial charge in [0.1, 0.15) is 5.82 Å². The van der Waals surface area contributed by atoms with Gasteiger partial charge in [-0.2, -0.15) is 0 Å². The fraction of sp³-hybridized carbons (Fsp3) is 0.400. The van der Waals surface area contributed by atoms with E-state index in [9.17, 15) is 0 Å². The third-order valence-corrected chi connectivity index (χ3v) is 4.41. The lowest BCUT2D eigenvalue weighted by atomic mass is 10.2. The van der Waals surface area contributed by atoms with Crippen molar-refractivity contribution in [1.82, 2.24) is 14.9 Å². The van der Waals surface area contributed by atoms with Gasteiger partial charge in [0, 0.05) is 42.6 Å². The van der Waals surface area contributed by atoms with Gasteiger partial charge < -0.3 is 9.88 Å². The zero-order chi connectivity index (χ0) is 13.5. The van der Waals surface area contributed by atoms with E-state index in [-0.39, 0.29) is 0 Å². The van der Waals surface area contributed by atoms with Crippen molar-refractivity contribution in [3.8, 4) is 0 Å². The minimum Gasteiger partial charge on any atom is -0.338 e. The lowest BCUT2D eigenvalue weighted by Crippen LogP contribution is -2.28. The van der Waals surface area contributed by atoms with Gasteiger partial charge in [0.05, 0.1) is 0 Å². The molecule has 0 spiro atoms. The van der Waals surface area contributed by atoms with Gasteiger partial charge in [-0.05, 0) is 25.6 Å². The Balaban J connectivity index is 1.79. The average Bonchev–Trinajstić information content (AvgIpc) is 2.86. The summed E-state index contributed by atoms with van der Waals surface area (Å²) in [6, 6.07) is 11.1. The molecule has 1 unspecified atom stereocenters. The number of aryl methyl sites for hydroxylation is 2. The standard InChI is InChI=1S/C15H21N3S/c1-16-13(8-9-15-17-10-11-18(15)2)12-19-14-6-4-3-5-7-14/h3-7,10-11,13,16H,8-9,12H2,1-2H3. The van der Waals surface area contributed by atoms with Crippen molar-refractivity contribution in [1.29, 1.82) is 0 Å². The topological polar surface area (TPSA) is 29.9 Å². The maximum atomic E-state index is 4.37. The van der Waals surface area contributed by atoms with Crippen molar-refractivity contribution in [2.75, 3.05) is 12.8 Å². The predicted molar refractivity (Wildman–Crippen MR) is 81.5 cm³/mol. The van der Waals surface area contributed by atoms with E-state index in [0.717, 1.165) is 24.4 Å². The second-order valence-electron chi connectivity index (χ2n) is 4.60. The highest BCUT2D eigenvalue weighted by atomic mass is 32.2. The molecule has 0 fully saturated rings. The Morgan fingerprint density at radius 3 is 2.74 bits per heavy atom. The molecule has 1 N–H and O–H groups in total. The molecule has 1 aromatic carbocycles. The van der Waals surface area contributed by atoms with Crippen molar-refractivity contribution >= 4 is 11.8 Å². The molecule has 0 bridgehead atoms. The summed E-state index contributed by atoms with van der Waals surface area (Å²) in [5.41, 5.74) is 0. The molecule has 2 aromatic rings. The molecule has 0 aliphatic carbocycles. The van der Waals surface area contributed by atoms with E-state index in [4.69, 9.17) is 0 Å². The van der Waals surface area contributed by atoms with Gasteiger partial charge in [-0.15, -0.1) is 11.8 Å². The Hall–Kier alpha value is -1.26. The second kappa shape index (κ2) is 7.36. The number of nitrogens with zero attached hydrogens (tertiary/aromatic N) is 2. The summed E-state index contributed by atoms with van der Waals surface area (Å²) in [5, 5.41) is 3.40. The van der Waals surface area contributed by atoms with Crippen molar-refractivity contribution < 1.29 is 0 Å². The highest BCUT2D eigenvalue weighted by molar-refractivity contribution is 7.99. The fourth-order valence-corrected chi connectivity index (χ4v) is 3.04. The molecule has 0 aliphatic heterocycles. The molecule has 1 aromatic heterocycles. The number of imidazole rings is 1. The maximum Gasteiger partial charge on any atom is 0.108 e. The van der Waals surface area contributed by atoms with Crippen LogP contribution in [0.3, 0.4) is 0 Å². The third kappa shape index (κ3) is 4.40. The van der Waals surface area contributed by atoms with Crippen LogP contribution >= 0.6 is 11.8 Å². The largest absolute Gasteiger partial charge is 0.338 e. The summed E-state index contributed by atoms with van der Waals surface area (Å²) in [5.74, 6) is 2.25. The minimum atomic E-state index is 0.516. The Bertz CT molecular complexity index is 481. The van der Waals surface area contributed by atoms with Gasteiger partial charge in [0.2, 0.25) is 0 Å². The quantitative estimate of drug-likeness (QED) is 0.788. The van der Waals surface area contributed by atoms with Crippen LogP contribution in [0.25, 0.3) is 0 Å². The monoisotopic (exact) mass is 275 g/mol. The Morgan fingerprint density at radius 1 is 1.32 bits per heavy atom. The van der Waals surface area contributed by atoms with E-state index in [1.165, 1.54) is 4.90 Å². The van der Waals surface area contributed by atoms with Crippen LogP contribution in [0.1, 0.15) is 12.2 Å². The van der Waals surface area contributed by atoms with Gasteiger partial charge in [-0.1, -0.05) is 18.2 Å². The van der Waals surface area contributed by atoms with E-state index in [1.807, 2.05) is 31.2 Å². The Morgan fingerprint density at radius 2 is 2.11 bits per heavy atom. The van der Waals surface area contributed by atoms with Crippen LogP contribution in [0, 0.1) is 0 Å². The highest BCUT2D eigenvalue weighted by Gasteiger charge is 2.09. The smallest absolute Gasteiger partial charge is 0.108 e. The zero-order valence-electron chi connectivity index (χ0n) is 11.5. The molecule has 102 valence electrons. The van der Waals surface area contributed by atoms with Crippen LogP contribution in [0.4, 0.5) is 0 Å². The van der Waals surface area contributed by atoms with Crippen molar-refractivity contribution in [2.24, 2.45) is 7.05 Å². The normalized spacial score (nSPS) is 12.5. The van der Waals surface area contributed by atoms with Gasteiger partial charge >= 0.3 is 0 Å². The van der Waals surface area contributed by atoms with E-state index in [0.29, 0.717) is 6.04 Å². The lowest BCUT2D eigenvalue weighted by molar-refractivity contribution is 0.557. The molecule has 0 aliphatic rings. The maximum absolute atomic E-state index is 4.37. The van der Waals surface area contributed by atoms with Crippen LogP contribution in [0.15, 0.2) is 47.6 Å². The van der Waals surface area contributed by atoms with Crippen LogP contribution in [0.5, 0.6) is 0 Å². The molecule has 0 saturated heterocycles. The van der Waals surface area contributed by atoms with Crippen LogP contribution < -0.4 is 5.32 Å². The predicted octanol–water partition coefficient (Wildman–Crippen LogP) is 2.73. The van der Waals surface area contributed by atoms with Gasteiger partial charge in [-0.3, -0.25) is 0 Å². The molecular weight excluding hydrogens is 254 g/mol. The van der Waals surface area contributed by atoms with Crippen molar-refractivity contribution in [3.05, 3.63) is 48.5 Å². The second-order valence-corrected chi connectivity index (χ2v) is 5.70. The lowest BCUT2D eigenvalue weighted by Gasteiger charge is -2.15. The molecular formula is C15H21N3S. The molecule has 0 radical (unpaired) electrons. The summed E-state index contributed by atoms with van der Waals surface area (Å²) in [4.78, 5) is 5.70. The van der Waals surface area contributed by atoms with E-state index in [1.54, 1.807) is 0 Å². The average molecular weight is 275 g/mol. The summed E-state index contributed by atoms with van der Waals surface area (Å²) >= 11 is 1.90. The molecule has 4 heteroatoms. The van der Waals surface area contributed by atoms with Gasteiger partial charge in [0.15, 0.2) is 0 Å². The first-order valence-corrected chi connectivity index (χ1v) is 7.59. The number of nitrogens with one attached hydrogen (secondary N) is 1. The summed E-state index contributed by atoms with van der Waals surface area (Å²) in [7, 11) is 4.09. The summed E-state index contributed by atoms with van der Waals surface area (Å²) < 4.78 is 2.09. The van der Waals surface area contributed by atoms with Crippen molar-refractivity contribution in [2.45, 2.75) is 23.8 Å². The summed E-state index contributed by atoms with van der Waals surface area (Å²) in [6.07, 6.45) is 6.00. The number of rotatable bonds is 7. The first-order chi connectivity index (χ1) is 9.29. The van der Waals surface area contributed by atoms with E-state index in [2.05, 4.69) is 52.2 Å². The molecule has 1 atom stereocenters. The van der Waals surface area contributed by atoms with Crippen LogP contribution in [0.2, 0.25) is 0 Å². The number of hydrogen-bond acceptors (Lipinski definition) is 3.